The molecule has 1 aromatic rings. The van der Waals surface area contributed by atoms with Gasteiger partial charge in [-0.3, -0.25) is 4.79 Å². The first-order valence-electron chi connectivity index (χ1n) is 7.52. The van der Waals surface area contributed by atoms with Gasteiger partial charge in [-0.1, -0.05) is 26.8 Å². The van der Waals surface area contributed by atoms with E-state index >= 15 is 0 Å². The van der Waals surface area contributed by atoms with E-state index in [2.05, 4.69) is 38.3 Å². The number of hydrogen-bond acceptors (Lipinski definition) is 2. The Balaban J connectivity index is 1.76. The summed E-state index contributed by atoms with van der Waals surface area (Å²) < 4.78 is 0. The number of carbonyl (C=O) groups is 1. The summed E-state index contributed by atoms with van der Waals surface area (Å²) in [5.41, 5.74) is 0.408. The number of thiophene rings is 1. The molecule has 0 amide bonds. The Kier molecular flexibility index (Phi) is 4.83. The lowest BCUT2D eigenvalue weighted by molar-refractivity contribution is -0.124. The molecule has 1 heterocycles. The Hall–Kier alpha value is -0.630. The SMILES string of the molecule is CC(C)(C)C1CCC(C(=O)CCc2cccs2)CC1. The smallest absolute Gasteiger partial charge is 0.136 e. The van der Waals surface area contributed by atoms with Crippen molar-refractivity contribution in [1.82, 2.24) is 0 Å². The number of aryl methyl sites for hydroxylation is 1. The van der Waals surface area contributed by atoms with Crippen molar-refractivity contribution < 1.29 is 4.79 Å². The molecule has 1 saturated carbocycles. The molecule has 1 aliphatic carbocycles. The molecule has 19 heavy (non-hydrogen) atoms. The highest BCUT2D eigenvalue weighted by Gasteiger charge is 2.31. The van der Waals surface area contributed by atoms with Crippen LogP contribution in [0.5, 0.6) is 0 Å². The lowest BCUT2D eigenvalue weighted by atomic mass is 9.69. The maximum Gasteiger partial charge on any atom is 0.136 e. The monoisotopic (exact) mass is 278 g/mol. The van der Waals surface area contributed by atoms with Crippen LogP contribution in [0.1, 0.15) is 57.8 Å². The van der Waals surface area contributed by atoms with Gasteiger partial charge in [0.2, 0.25) is 0 Å². The Morgan fingerprint density at radius 2 is 1.95 bits per heavy atom. The van der Waals surface area contributed by atoms with Gasteiger partial charge in [0.1, 0.15) is 5.78 Å². The maximum atomic E-state index is 12.3. The zero-order chi connectivity index (χ0) is 13.9. The third-order valence-electron chi connectivity index (χ3n) is 4.61. The third-order valence-corrected chi connectivity index (χ3v) is 5.54. The second kappa shape index (κ2) is 6.21. The first kappa shape index (κ1) is 14.8. The quantitative estimate of drug-likeness (QED) is 0.748. The van der Waals surface area contributed by atoms with Crippen LogP contribution in [-0.2, 0) is 11.2 Å². The summed E-state index contributed by atoms with van der Waals surface area (Å²) in [6.45, 7) is 6.99. The normalized spacial score (nSPS) is 24.4. The van der Waals surface area contributed by atoms with Crippen molar-refractivity contribution in [3.63, 3.8) is 0 Å². The Morgan fingerprint density at radius 1 is 1.26 bits per heavy atom. The van der Waals surface area contributed by atoms with Crippen LogP contribution in [0.25, 0.3) is 0 Å². The number of hydrogen-bond donors (Lipinski definition) is 0. The van der Waals surface area contributed by atoms with Gasteiger partial charge in [0.25, 0.3) is 0 Å². The summed E-state index contributed by atoms with van der Waals surface area (Å²) in [5.74, 6) is 1.65. The molecule has 0 radical (unpaired) electrons. The van der Waals surface area contributed by atoms with Crippen molar-refractivity contribution in [1.29, 1.82) is 0 Å². The molecule has 0 spiro atoms. The second-order valence-electron chi connectivity index (χ2n) is 6.96. The topological polar surface area (TPSA) is 17.1 Å². The standard InChI is InChI=1S/C17H26OS/c1-17(2,3)14-8-6-13(7-9-14)16(18)11-10-15-5-4-12-19-15/h4-5,12-14H,6-11H2,1-3H3. The first-order chi connectivity index (χ1) is 8.97. The first-order valence-corrected chi connectivity index (χ1v) is 8.40. The van der Waals surface area contributed by atoms with Crippen LogP contribution >= 0.6 is 11.3 Å². The van der Waals surface area contributed by atoms with E-state index in [0.717, 1.165) is 31.6 Å². The van der Waals surface area contributed by atoms with Crippen molar-refractivity contribution in [2.24, 2.45) is 17.3 Å². The van der Waals surface area contributed by atoms with Crippen LogP contribution in [0.2, 0.25) is 0 Å². The lowest BCUT2D eigenvalue weighted by Crippen LogP contribution is -2.28. The molecule has 0 aliphatic heterocycles. The molecule has 0 aromatic carbocycles. The van der Waals surface area contributed by atoms with Gasteiger partial charge in [-0.25, -0.2) is 0 Å². The van der Waals surface area contributed by atoms with E-state index in [4.69, 9.17) is 0 Å². The average molecular weight is 278 g/mol. The predicted molar refractivity (Wildman–Crippen MR) is 82.6 cm³/mol. The van der Waals surface area contributed by atoms with Crippen LogP contribution in [-0.4, -0.2) is 5.78 Å². The summed E-state index contributed by atoms with van der Waals surface area (Å²) >= 11 is 1.76. The maximum absolute atomic E-state index is 12.3. The molecular formula is C17H26OS. The molecule has 0 bridgehead atoms. The van der Waals surface area contributed by atoms with Gasteiger partial charge in [-0.2, -0.15) is 0 Å². The molecule has 1 nitrogen and oxygen atoms in total. The minimum absolute atomic E-state index is 0.346. The zero-order valence-electron chi connectivity index (χ0n) is 12.4. The zero-order valence-corrected chi connectivity index (χ0v) is 13.3. The molecule has 1 aromatic heterocycles. The van der Waals surface area contributed by atoms with Crippen molar-refractivity contribution in [2.75, 3.05) is 0 Å². The molecule has 0 atom stereocenters. The van der Waals surface area contributed by atoms with Crippen LogP contribution in [0.4, 0.5) is 0 Å². The molecule has 2 rings (SSSR count). The van der Waals surface area contributed by atoms with Gasteiger partial charge in [0.15, 0.2) is 0 Å². The fourth-order valence-corrected chi connectivity index (χ4v) is 3.90. The third kappa shape index (κ3) is 4.17. The Morgan fingerprint density at radius 3 is 2.47 bits per heavy atom. The number of rotatable bonds is 4. The van der Waals surface area contributed by atoms with Gasteiger partial charge in [-0.05, 0) is 54.9 Å². The molecule has 1 aliphatic rings. The van der Waals surface area contributed by atoms with Gasteiger partial charge < -0.3 is 0 Å². The fourth-order valence-electron chi connectivity index (χ4n) is 3.19. The molecular weight excluding hydrogens is 252 g/mol. The van der Waals surface area contributed by atoms with Crippen molar-refractivity contribution >= 4 is 17.1 Å². The molecule has 106 valence electrons. The van der Waals surface area contributed by atoms with Crippen LogP contribution in [0, 0.1) is 17.3 Å². The van der Waals surface area contributed by atoms with Gasteiger partial charge >= 0.3 is 0 Å². The van der Waals surface area contributed by atoms with E-state index < -0.39 is 0 Å². The van der Waals surface area contributed by atoms with E-state index in [0.29, 0.717) is 17.1 Å². The van der Waals surface area contributed by atoms with Crippen molar-refractivity contribution in [3.8, 4) is 0 Å². The Bertz CT molecular complexity index is 391. The summed E-state index contributed by atoms with van der Waals surface area (Å²) in [5, 5.41) is 2.09. The van der Waals surface area contributed by atoms with E-state index in [1.165, 1.54) is 17.7 Å². The fraction of sp³-hybridized carbons (Fsp3) is 0.706. The van der Waals surface area contributed by atoms with Crippen molar-refractivity contribution in [3.05, 3.63) is 22.4 Å². The van der Waals surface area contributed by atoms with E-state index in [-0.39, 0.29) is 0 Å². The molecule has 1 fully saturated rings. The largest absolute Gasteiger partial charge is 0.299 e. The summed E-state index contributed by atoms with van der Waals surface area (Å²) in [7, 11) is 0. The lowest BCUT2D eigenvalue weighted by Gasteiger charge is -2.36. The molecule has 0 unspecified atom stereocenters. The van der Waals surface area contributed by atoms with Gasteiger partial charge in [0.05, 0.1) is 0 Å². The number of Topliss-reactive ketones (excluding diaryl/α,β-unsaturated/α-hetero) is 1. The minimum atomic E-state index is 0.346. The molecule has 0 N–H and O–H groups in total. The predicted octanol–water partition coefficient (Wildman–Crippen LogP) is 5.10. The highest BCUT2D eigenvalue weighted by molar-refractivity contribution is 7.09. The summed E-state index contributed by atoms with van der Waals surface area (Å²) in [6.07, 6.45) is 6.38. The van der Waals surface area contributed by atoms with E-state index in [1.807, 2.05) is 0 Å². The molecule has 2 heteroatoms. The number of ketones is 1. The summed E-state index contributed by atoms with van der Waals surface area (Å²) in [6, 6.07) is 4.20. The number of carbonyl (C=O) groups excluding carboxylic acids is 1. The van der Waals surface area contributed by atoms with E-state index in [9.17, 15) is 4.79 Å². The minimum Gasteiger partial charge on any atom is -0.299 e. The average Bonchev–Trinajstić information content (AvgIpc) is 2.88. The highest BCUT2D eigenvalue weighted by atomic mass is 32.1. The Labute approximate surface area is 121 Å². The van der Waals surface area contributed by atoms with Crippen molar-refractivity contribution in [2.45, 2.75) is 59.3 Å². The van der Waals surface area contributed by atoms with Crippen LogP contribution < -0.4 is 0 Å². The summed E-state index contributed by atoms with van der Waals surface area (Å²) in [4.78, 5) is 13.6. The van der Waals surface area contributed by atoms with Gasteiger partial charge in [0, 0.05) is 17.2 Å². The van der Waals surface area contributed by atoms with E-state index in [1.54, 1.807) is 11.3 Å². The van der Waals surface area contributed by atoms with Crippen LogP contribution in [0.15, 0.2) is 17.5 Å². The molecule has 0 saturated heterocycles. The van der Waals surface area contributed by atoms with Crippen LogP contribution in [0.3, 0.4) is 0 Å². The van der Waals surface area contributed by atoms with Gasteiger partial charge in [-0.15, -0.1) is 11.3 Å². The highest BCUT2D eigenvalue weighted by Crippen LogP contribution is 2.40. The second-order valence-corrected chi connectivity index (χ2v) is 7.99.